The van der Waals surface area contributed by atoms with Gasteiger partial charge < -0.3 is 0 Å². The van der Waals surface area contributed by atoms with Crippen LogP contribution in [-0.2, 0) is 4.79 Å². The van der Waals surface area contributed by atoms with Gasteiger partial charge in [0.15, 0.2) is 0 Å². The number of allylic oxidation sites excluding steroid dienone is 2. The quantitative estimate of drug-likeness (QED) is 0.576. The number of carbonyl (C=O) groups excluding carboxylic acids is 1. The van der Waals surface area contributed by atoms with Crippen molar-refractivity contribution in [1.82, 2.24) is 0 Å². The molecule has 0 heterocycles. The zero-order valence-corrected chi connectivity index (χ0v) is 8.10. The maximum Gasteiger partial charge on any atom is 0.133 e. The van der Waals surface area contributed by atoms with E-state index in [0.717, 1.165) is 25.7 Å². The molecule has 1 heteroatoms. The normalized spacial score (nSPS) is 23.8. The standard InChI is InChI=1S/C11H18O/c1-9(2)6-7-10-4-3-5-11(12)8-10/h6,10H,3-5,7-8H2,1-2H3. The highest BCUT2D eigenvalue weighted by atomic mass is 16.1. The van der Waals surface area contributed by atoms with Gasteiger partial charge in [-0.1, -0.05) is 11.6 Å². The highest BCUT2D eigenvalue weighted by Crippen LogP contribution is 2.24. The molecular weight excluding hydrogens is 148 g/mol. The van der Waals surface area contributed by atoms with Crippen molar-refractivity contribution in [1.29, 1.82) is 0 Å². The zero-order chi connectivity index (χ0) is 8.97. The van der Waals surface area contributed by atoms with Crippen molar-refractivity contribution in [2.75, 3.05) is 0 Å². The highest BCUT2D eigenvalue weighted by Gasteiger charge is 2.17. The first-order valence-corrected chi connectivity index (χ1v) is 4.83. The average Bonchev–Trinajstić information content (AvgIpc) is 2.01. The third-order valence-electron chi connectivity index (χ3n) is 2.44. The van der Waals surface area contributed by atoms with E-state index in [1.54, 1.807) is 0 Å². The van der Waals surface area contributed by atoms with Gasteiger partial charge >= 0.3 is 0 Å². The lowest BCUT2D eigenvalue weighted by Crippen LogP contribution is -2.14. The highest BCUT2D eigenvalue weighted by molar-refractivity contribution is 5.79. The Morgan fingerprint density at radius 3 is 2.92 bits per heavy atom. The van der Waals surface area contributed by atoms with E-state index < -0.39 is 0 Å². The van der Waals surface area contributed by atoms with E-state index in [2.05, 4.69) is 19.9 Å². The summed E-state index contributed by atoms with van der Waals surface area (Å²) in [6.07, 6.45) is 7.36. The summed E-state index contributed by atoms with van der Waals surface area (Å²) >= 11 is 0. The van der Waals surface area contributed by atoms with Gasteiger partial charge in [0, 0.05) is 12.8 Å². The molecule has 0 aromatic heterocycles. The minimum absolute atomic E-state index is 0.466. The monoisotopic (exact) mass is 166 g/mol. The number of Topliss-reactive ketones (excluding diaryl/α,β-unsaturated/α-hetero) is 1. The lowest BCUT2D eigenvalue weighted by atomic mass is 9.86. The molecule has 0 spiro atoms. The summed E-state index contributed by atoms with van der Waals surface area (Å²) in [4.78, 5) is 11.1. The molecule has 1 fully saturated rings. The number of hydrogen-bond donors (Lipinski definition) is 0. The van der Waals surface area contributed by atoms with Crippen LogP contribution >= 0.6 is 0 Å². The van der Waals surface area contributed by atoms with E-state index in [1.165, 1.54) is 12.0 Å². The maximum atomic E-state index is 11.1. The van der Waals surface area contributed by atoms with Gasteiger partial charge in [0.05, 0.1) is 0 Å². The Hall–Kier alpha value is -0.590. The first kappa shape index (κ1) is 9.50. The fourth-order valence-electron chi connectivity index (χ4n) is 1.72. The van der Waals surface area contributed by atoms with Gasteiger partial charge in [-0.2, -0.15) is 0 Å². The lowest BCUT2D eigenvalue weighted by Gasteiger charge is -2.19. The Morgan fingerprint density at radius 2 is 2.33 bits per heavy atom. The number of carbonyl (C=O) groups is 1. The maximum absolute atomic E-state index is 11.1. The number of hydrogen-bond acceptors (Lipinski definition) is 1. The first-order valence-electron chi connectivity index (χ1n) is 4.83. The van der Waals surface area contributed by atoms with Crippen molar-refractivity contribution < 1.29 is 4.79 Å². The molecule has 1 rings (SSSR count). The van der Waals surface area contributed by atoms with E-state index in [4.69, 9.17) is 0 Å². The largest absolute Gasteiger partial charge is 0.300 e. The second kappa shape index (κ2) is 4.44. The average molecular weight is 166 g/mol. The summed E-state index contributed by atoms with van der Waals surface area (Å²) in [7, 11) is 0. The molecule has 1 atom stereocenters. The molecule has 12 heavy (non-hydrogen) atoms. The van der Waals surface area contributed by atoms with E-state index >= 15 is 0 Å². The second-order valence-corrected chi connectivity index (χ2v) is 4.02. The van der Waals surface area contributed by atoms with Crippen molar-refractivity contribution in [3.8, 4) is 0 Å². The van der Waals surface area contributed by atoms with Crippen molar-refractivity contribution in [3.05, 3.63) is 11.6 Å². The molecule has 0 bridgehead atoms. The van der Waals surface area contributed by atoms with Crippen LogP contribution in [0.1, 0.15) is 46.0 Å². The van der Waals surface area contributed by atoms with Gasteiger partial charge in [-0.3, -0.25) is 4.79 Å². The molecule has 1 aliphatic carbocycles. The number of rotatable bonds is 2. The van der Waals surface area contributed by atoms with Crippen LogP contribution in [0.15, 0.2) is 11.6 Å². The van der Waals surface area contributed by atoms with Crippen molar-refractivity contribution >= 4 is 5.78 Å². The summed E-state index contributed by atoms with van der Waals surface area (Å²) in [5, 5.41) is 0. The lowest BCUT2D eigenvalue weighted by molar-refractivity contribution is -0.121. The summed E-state index contributed by atoms with van der Waals surface area (Å²) < 4.78 is 0. The Bertz CT molecular complexity index is 187. The van der Waals surface area contributed by atoms with Crippen LogP contribution < -0.4 is 0 Å². The van der Waals surface area contributed by atoms with Crippen molar-refractivity contribution in [2.45, 2.75) is 46.0 Å². The van der Waals surface area contributed by atoms with E-state index in [1.807, 2.05) is 0 Å². The molecule has 0 radical (unpaired) electrons. The van der Waals surface area contributed by atoms with E-state index in [9.17, 15) is 4.79 Å². The van der Waals surface area contributed by atoms with Crippen LogP contribution in [0.25, 0.3) is 0 Å². The predicted molar refractivity (Wildman–Crippen MR) is 51.0 cm³/mol. The molecule has 1 saturated carbocycles. The molecule has 1 aliphatic rings. The summed E-state index contributed by atoms with van der Waals surface area (Å²) in [5.41, 5.74) is 1.37. The Morgan fingerprint density at radius 1 is 1.58 bits per heavy atom. The van der Waals surface area contributed by atoms with Crippen LogP contribution in [0.3, 0.4) is 0 Å². The van der Waals surface area contributed by atoms with E-state index in [0.29, 0.717) is 11.7 Å². The number of ketones is 1. The third kappa shape index (κ3) is 3.21. The van der Waals surface area contributed by atoms with Crippen LogP contribution in [0.2, 0.25) is 0 Å². The third-order valence-corrected chi connectivity index (χ3v) is 2.44. The molecule has 68 valence electrons. The topological polar surface area (TPSA) is 17.1 Å². The van der Waals surface area contributed by atoms with Crippen molar-refractivity contribution in [3.63, 3.8) is 0 Å². The van der Waals surface area contributed by atoms with Crippen LogP contribution in [0.5, 0.6) is 0 Å². The van der Waals surface area contributed by atoms with Crippen molar-refractivity contribution in [2.24, 2.45) is 5.92 Å². The van der Waals surface area contributed by atoms with Crippen LogP contribution in [-0.4, -0.2) is 5.78 Å². The fraction of sp³-hybridized carbons (Fsp3) is 0.727. The van der Waals surface area contributed by atoms with Gasteiger partial charge in [0.1, 0.15) is 5.78 Å². The molecule has 0 aromatic carbocycles. The minimum Gasteiger partial charge on any atom is -0.300 e. The minimum atomic E-state index is 0.466. The predicted octanol–water partition coefficient (Wildman–Crippen LogP) is 3.10. The molecule has 0 aromatic rings. The SMILES string of the molecule is CC(C)=CCC1CCCC(=O)C1. The van der Waals surface area contributed by atoms with Gasteiger partial charge in [0.2, 0.25) is 0 Å². The molecular formula is C11H18O. The van der Waals surface area contributed by atoms with Gasteiger partial charge in [0.25, 0.3) is 0 Å². The molecule has 0 N–H and O–H groups in total. The Kier molecular flexibility index (Phi) is 3.51. The van der Waals surface area contributed by atoms with Gasteiger partial charge in [-0.25, -0.2) is 0 Å². The van der Waals surface area contributed by atoms with E-state index in [-0.39, 0.29) is 0 Å². The van der Waals surface area contributed by atoms with Crippen LogP contribution in [0, 0.1) is 5.92 Å². The smallest absolute Gasteiger partial charge is 0.133 e. The zero-order valence-electron chi connectivity index (χ0n) is 8.10. The summed E-state index contributed by atoms with van der Waals surface area (Å²) in [6.45, 7) is 4.23. The molecule has 0 saturated heterocycles. The first-order chi connectivity index (χ1) is 5.68. The van der Waals surface area contributed by atoms with Crippen LogP contribution in [0.4, 0.5) is 0 Å². The van der Waals surface area contributed by atoms with Gasteiger partial charge in [-0.15, -0.1) is 0 Å². The molecule has 0 amide bonds. The summed E-state index contributed by atoms with van der Waals surface area (Å²) in [6, 6.07) is 0. The Labute approximate surface area is 74.9 Å². The Balaban J connectivity index is 2.32. The fourth-order valence-corrected chi connectivity index (χ4v) is 1.72. The van der Waals surface area contributed by atoms with Gasteiger partial charge in [-0.05, 0) is 39.0 Å². The molecule has 0 aliphatic heterocycles. The summed E-state index contributed by atoms with van der Waals surface area (Å²) in [5.74, 6) is 1.11. The molecule has 1 nitrogen and oxygen atoms in total. The molecule has 1 unspecified atom stereocenters. The second-order valence-electron chi connectivity index (χ2n) is 4.02.